The van der Waals surface area contributed by atoms with E-state index in [4.69, 9.17) is 11.6 Å². The van der Waals surface area contributed by atoms with E-state index in [0.717, 1.165) is 11.3 Å². The molecule has 0 aliphatic rings. The highest BCUT2D eigenvalue weighted by Gasteiger charge is 2.10. The van der Waals surface area contributed by atoms with Crippen molar-refractivity contribution in [2.75, 3.05) is 0 Å². The van der Waals surface area contributed by atoms with Gasteiger partial charge in [0, 0.05) is 29.2 Å². The van der Waals surface area contributed by atoms with Gasteiger partial charge in [0.25, 0.3) is 0 Å². The van der Waals surface area contributed by atoms with Gasteiger partial charge < -0.3 is 5.11 Å². The number of aromatic nitrogens is 2. The van der Waals surface area contributed by atoms with Crippen molar-refractivity contribution in [3.63, 3.8) is 0 Å². The SMILES string of the molecule is CC(=O)c1ccc(-n2ccnc2-c2ccc(O)c(Cl)c2)cc1. The normalized spacial score (nSPS) is 10.6. The number of aromatic hydroxyl groups is 1. The van der Waals surface area contributed by atoms with E-state index in [1.54, 1.807) is 30.5 Å². The van der Waals surface area contributed by atoms with E-state index in [-0.39, 0.29) is 16.6 Å². The number of carbonyl (C=O) groups excluding carboxylic acids is 1. The van der Waals surface area contributed by atoms with Crippen molar-refractivity contribution < 1.29 is 9.90 Å². The van der Waals surface area contributed by atoms with Crippen LogP contribution in [0.2, 0.25) is 5.02 Å². The van der Waals surface area contributed by atoms with Crippen LogP contribution in [0.3, 0.4) is 0 Å². The molecule has 0 saturated heterocycles. The molecule has 2 aromatic carbocycles. The molecule has 3 rings (SSSR count). The maximum atomic E-state index is 11.3. The van der Waals surface area contributed by atoms with Crippen molar-refractivity contribution in [1.82, 2.24) is 9.55 Å². The molecular formula is C17H13ClN2O2. The lowest BCUT2D eigenvalue weighted by molar-refractivity contribution is 0.101. The molecule has 0 radical (unpaired) electrons. The highest BCUT2D eigenvalue weighted by Crippen LogP contribution is 2.29. The molecular weight excluding hydrogens is 300 g/mol. The predicted molar refractivity (Wildman–Crippen MR) is 85.7 cm³/mol. The van der Waals surface area contributed by atoms with Crippen LogP contribution in [-0.2, 0) is 0 Å². The summed E-state index contributed by atoms with van der Waals surface area (Å²) in [4.78, 5) is 15.7. The summed E-state index contributed by atoms with van der Waals surface area (Å²) in [6.45, 7) is 1.54. The van der Waals surface area contributed by atoms with Gasteiger partial charge >= 0.3 is 0 Å². The van der Waals surface area contributed by atoms with Crippen molar-refractivity contribution in [1.29, 1.82) is 0 Å². The number of rotatable bonds is 3. The highest BCUT2D eigenvalue weighted by atomic mass is 35.5. The average Bonchev–Trinajstić information content (AvgIpc) is 2.99. The van der Waals surface area contributed by atoms with Gasteiger partial charge in [0.15, 0.2) is 5.78 Å². The number of hydrogen-bond acceptors (Lipinski definition) is 3. The average molecular weight is 313 g/mol. The zero-order chi connectivity index (χ0) is 15.7. The number of benzene rings is 2. The Bertz CT molecular complexity index is 838. The third kappa shape index (κ3) is 2.61. The number of carbonyl (C=O) groups is 1. The second kappa shape index (κ2) is 5.66. The number of Topliss-reactive ketones (excluding diaryl/α,β-unsaturated/α-hetero) is 1. The van der Waals surface area contributed by atoms with Gasteiger partial charge in [0.2, 0.25) is 0 Å². The zero-order valence-electron chi connectivity index (χ0n) is 11.8. The van der Waals surface area contributed by atoms with Crippen LogP contribution >= 0.6 is 11.6 Å². The largest absolute Gasteiger partial charge is 0.506 e. The van der Waals surface area contributed by atoms with E-state index in [9.17, 15) is 9.90 Å². The monoisotopic (exact) mass is 312 g/mol. The molecule has 0 unspecified atom stereocenters. The van der Waals surface area contributed by atoms with Gasteiger partial charge in [-0.1, -0.05) is 11.6 Å². The van der Waals surface area contributed by atoms with Gasteiger partial charge in [-0.15, -0.1) is 0 Å². The number of imidazole rings is 1. The Hall–Kier alpha value is -2.59. The molecule has 3 aromatic rings. The standard InChI is InChI=1S/C17H13ClN2O2/c1-11(21)12-2-5-14(6-3-12)20-9-8-19-17(20)13-4-7-16(22)15(18)10-13/h2-10,22H,1H3. The Morgan fingerprint density at radius 2 is 1.91 bits per heavy atom. The highest BCUT2D eigenvalue weighted by molar-refractivity contribution is 6.32. The molecule has 0 bridgehead atoms. The third-order valence-corrected chi connectivity index (χ3v) is 3.70. The second-order valence-electron chi connectivity index (χ2n) is 4.89. The van der Waals surface area contributed by atoms with Gasteiger partial charge in [-0.2, -0.15) is 0 Å². The fourth-order valence-electron chi connectivity index (χ4n) is 2.23. The summed E-state index contributed by atoms with van der Waals surface area (Å²) in [6.07, 6.45) is 3.52. The molecule has 1 heterocycles. The van der Waals surface area contributed by atoms with E-state index >= 15 is 0 Å². The Morgan fingerprint density at radius 3 is 2.55 bits per heavy atom. The van der Waals surface area contributed by atoms with E-state index in [1.807, 2.05) is 22.9 Å². The molecule has 4 nitrogen and oxygen atoms in total. The number of hydrogen-bond donors (Lipinski definition) is 1. The molecule has 1 aromatic heterocycles. The molecule has 1 N–H and O–H groups in total. The van der Waals surface area contributed by atoms with Crippen LogP contribution in [0.1, 0.15) is 17.3 Å². The molecule has 0 aliphatic carbocycles. The summed E-state index contributed by atoms with van der Waals surface area (Å²) in [6, 6.07) is 12.3. The predicted octanol–water partition coefficient (Wildman–Crippen LogP) is 4.10. The van der Waals surface area contributed by atoms with Crippen LogP contribution in [0.15, 0.2) is 54.9 Å². The fraction of sp³-hybridized carbons (Fsp3) is 0.0588. The second-order valence-corrected chi connectivity index (χ2v) is 5.30. The molecule has 5 heteroatoms. The lowest BCUT2D eigenvalue weighted by Crippen LogP contribution is -1.98. The van der Waals surface area contributed by atoms with E-state index < -0.39 is 0 Å². The van der Waals surface area contributed by atoms with E-state index in [2.05, 4.69) is 4.98 Å². The summed E-state index contributed by atoms with van der Waals surface area (Å²) >= 11 is 5.96. The van der Waals surface area contributed by atoms with Gasteiger partial charge in [0.05, 0.1) is 5.02 Å². The van der Waals surface area contributed by atoms with Gasteiger partial charge in [-0.25, -0.2) is 4.98 Å². The molecule has 22 heavy (non-hydrogen) atoms. The number of phenolic OH excluding ortho intramolecular Hbond substituents is 1. The molecule has 0 saturated carbocycles. The van der Waals surface area contributed by atoms with Crippen LogP contribution < -0.4 is 0 Å². The molecule has 0 amide bonds. The Balaban J connectivity index is 2.04. The summed E-state index contributed by atoms with van der Waals surface area (Å²) in [5.41, 5.74) is 2.35. The Morgan fingerprint density at radius 1 is 1.18 bits per heavy atom. The van der Waals surface area contributed by atoms with Crippen LogP contribution in [0.4, 0.5) is 0 Å². The van der Waals surface area contributed by atoms with Crippen LogP contribution in [0.5, 0.6) is 5.75 Å². The summed E-state index contributed by atoms with van der Waals surface area (Å²) in [7, 11) is 0. The summed E-state index contributed by atoms with van der Waals surface area (Å²) in [5.74, 6) is 0.773. The minimum Gasteiger partial charge on any atom is -0.506 e. The topological polar surface area (TPSA) is 55.1 Å². The quantitative estimate of drug-likeness (QED) is 0.741. The minimum absolute atomic E-state index is 0.0303. The fourth-order valence-corrected chi connectivity index (χ4v) is 2.41. The molecule has 0 aliphatic heterocycles. The first-order chi connectivity index (χ1) is 10.6. The van der Waals surface area contributed by atoms with Crippen LogP contribution in [0.25, 0.3) is 17.1 Å². The van der Waals surface area contributed by atoms with Crippen molar-refractivity contribution in [2.24, 2.45) is 0 Å². The molecule has 110 valence electrons. The first-order valence-corrected chi connectivity index (χ1v) is 7.07. The number of ketones is 1. The zero-order valence-corrected chi connectivity index (χ0v) is 12.6. The molecule has 0 atom stereocenters. The minimum atomic E-state index is 0.0303. The third-order valence-electron chi connectivity index (χ3n) is 3.40. The van der Waals surface area contributed by atoms with Crippen LogP contribution in [-0.4, -0.2) is 20.4 Å². The molecule has 0 spiro atoms. The van der Waals surface area contributed by atoms with Gasteiger partial charge in [-0.3, -0.25) is 9.36 Å². The first kappa shape index (κ1) is 14.4. The van der Waals surface area contributed by atoms with E-state index in [1.165, 1.54) is 13.0 Å². The maximum Gasteiger partial charge on any atom is 0.159 e. The Kier molecular flexibility index (Phi) is 3.69. The number of phenols is 1. The lowest BCUT2D eigenvalue weighted by atomic mass is 10.1. The maximum absolute atomic E-state index is 11.3. The van der Waals surface area contributed by atoms with Crippen molar-refractivity contribution in [3.05, 3.63) is 65.4 Å². The number of nitrogens with zero attached hydrogens (tertiary/aromatic N) is 2. The van der Waals surface area contributed by atoms with Crippen molar-refractivity contribution in [3.8, 4) is 22.8 Å². The lowest BCUT2D eigenvalue weighted by Gasteiger charge is -2.09. The van der Waals surface area contributed by atoms with E-state index in [0.29, 0.717) is 11.4 Å². The Labute approximate surface area is 132 Å². The molecule has 0 fully saturated rings. The number of halogens is 1. The van der Waals surface area contributed by atoms with Gasteiger partial charge in [-0.05, 0) is 49.4 Å². The van der Waals surface area contributed by atoms with Crippen molar-refractivity contribution in [2.45, 2.75) is 6.92 Å². The van der Waals surface area contributed by atoms with Crippen LogP contribution in [0, 0.1) is 0 Å². The van der Waals surface area contributed by atoms with Gasteiger partial charge in [0.1, 0.15) is 11.6 Å². The summed E-state index contributed by atoms with van der Waals surface area (Å²) < 4.78 is 1.90. The summed E-state index contributed by atoms with van der Waals surface area (Å²) in [5, 5.41) is 9.80. The van der Waals surface area contributed by atoms with Crippen molar-refractivity contribution >= 4 is 17.4 Å². The smallest absolute Gasteiger partial charge is 0.159 e. The first-order valence-electron chi connectivity index (χ1n) is 6.70.